The van der Waals surface area contributed by atoms with Crippen LogP contribution >= 0.6 is 0 Å². The summed E-state index contributed by atoms with van der Waals surface area (Å²) < 4.78 is 23.8. The Morgan fingerprint density at radius 3 is 2.69 bits per heavy atom. The van der Waals surface area contributed by atoms with E-state index in [1.54, 1.807) is 19.3 Å². The molecule has 9 heteroatoms. The van der Waals surface area contributed by atoms with Gasteiger partial charge in [-0.1, -0.05) is 18.2 Å². The molecule has 0 radical (unpaired) electrons. The zero-order chi connectivity index (χ0) is 21.9. The number of hydrogen-bond acceptors (Lipinski definition) is 8. The predicted octanol–water partition coefficient (Wildman–Crippen LogP) is 2.91. The lowest BCUT2D eigenvalue weighted by molar-refractivity contribution is 0.122. The Labute approximate surface area is 185 Å². The van der Waals surface area contributed by atoms with Gasteiger partial charge < -0.3 is 23.8 Å². The first-order chi connectivity index (χ1) is 15.8. The Morgan fingerprint density at radius 2 is 1.94 bits per heavy atom. The van der Waals surface area contributed by atoms with Crippen molar-refractivity contribution in [1.29, 1.82) is 5.26 Å². The van der Waals surface area contributed by atoms with Gasteiger partial charge in [0, 0.05) is 13.1 Å². The summed E-state index contributed by atoms with van der Waals surface area (Å²) in [7, 11) is 1.57. The van der Waals surface area contributed by atoms with Crippen molar-refractivity contribution in [3.63, 3.8) is 0 Å². The van der Waals surface area contributed by atoms with Gasteiger partial charge in [0.05, 0.1) is 31.6 Å². The third-order valence-corrected chi connectivity index (χ3v) is 5.31. The van der Waals surface area contributed by atoms with E-state index in [4.69, 9.17) is 18.9 Å². The van der Waals surface area contributed by atoms with Crippen molar-refractivity contribution in [2.24, 2.45) is 0 Å². The third-order valence-electron chi connectivity index (χ3n) is 5.31. The first-order valence-electron chi connectivity index (χ1n) is 10.2. The Kier molecular flexibility index (Phi) is 5.35. The average Bonchev–Trinajstić information content (AvgIpc) is 3.50. The smallest absolute Gasteiger partial charge is 0.232 e. The summed E-state index contributed by atoms with van der Waals surface area (Å²) in [5.74, 6) is 2.81. The molecular weight excluding hydrogens is 410 g/mol. The van der Waals surface area contributed by atoms with E-state index in [1.165, 1.54) is 0 Å². The van der Waals surface area contributed by atoms with Crippen LogP contribution in [0.15, 0.2) is 42.5 Å². The van der Waals surface area contributed by atoms with E-state index < -0.39 is 0 Å². The summed E-state index contributed by atoms with van der Waals surface area (Å²) in [5, 5.41) is 18.9. The second-order valence-electron chi connectivity index (χ2n) is 7.22. The molecule has 0 atom stereocenters. The fourth-order valence-electron chi connectivity index (χ4n) is 3.78. The summed E-state index contributed by atoms with van der Waals surface area (Å²) in [4.78, 5) is 2.12. The fraction of sp³-hybridized carbons (Fsp3) is 0.261. The van der Waals surface area contributed by atoms with Crippen LogP contribution in [0.3, 0.4) is 0 Å². The zero-order valence-electron chi connectivity index (χ0n) is 17.5. The first-order valence-corrected chi connectivity index (χ1v) is 10.2. The molecule has 2 aliphatic heterocycles. The quantitative estimate of drug-likeness (QED) is 0.569. The standard InChI is InChI=1S/C23H21N5O4/c1-29-19-12-16(13-20-21(19)32-15-31-20)11-17(14-24)22-25-26-23(27-7-9-30-10-8-27)28(22)18-5-3-2-4-6-18/h2-6,11-13H,7-10,15H2,1H3/b17-11+. The average molecular weight is 431 g/mol. The molecule has 5 rings (SSSR count). The topological polar surface area (TPSA) is 94.7 Å². The number of benzene rings is 2. The van der Waals surface area contributed by atoms with E-state index >= 15 is 0 Å². The molecule has 1 saturated heterocycles. The second kappa shape index (κ2) is 8.61. The van der Waals surface area contributed by atoms with Gasteiger partial charge in [0.1, 0.15) is 6.07 Å². The molecule has 2 aromatic carbocycles. The third kappa shape index (κ3) is 3.61. The maximum Gasteiger partial charge on any atom is 0.232 e. The number of aromatic nitrogens is 3. The van der Waals surface area contributed by atoms with Crippen LogP contribution in [0.25, 0.3) is 17.3 Å². The van der Waals surface area contributed by atoms with E-state index in [0.29, 0.717) is 60.9 Å². The normalized spacial score (nSPS) is 15.5. The van der Waals surface area contributed by atoms with Gasteiger partial charge in [-0.25, -0.2) is 0 Å². The number of hydrogen-bond donors (Lipinski definition) is 0. The van der Waals surface area contributed by atoms with Crippen molar-refractivity contribution in [2.75, 3.05) is 45.1 Å². The maximum absolute atomic E-state index is 10.0. The fourth-order valence-corrected chi connectivity index (χ4v) is 3.78. The van der Waals surface area contributed by atoms with Crippen molar-refractivity contribution in [2.45, 2.75) is 0 Å². The van der Waals surface area contributed by atoms with Crippen molar-refractivity contribution >= 4 is 17.6 Å². The highest BCUT2D eigenvalue weighted by Crippen LogP contribution is 2.42. The number of nitriles is 1. The Balaban J connectivity index is 1.62. The molecule has 2 aliphatic rings. The number of ether oxygens (including phenoxy) is 4. The Hall–Kier alpha value is -4.03. The molecule has 0 aliphatic carbocycles. The van der Waals surface area contributed by atoms with Crippen molar-refractivity contribution in [1.82, 2.24) is 14.8 Å². The number of nitrogens with zero attached hydrogens (tertiary/aromatic N) is 5. The molecule has 0 spiro atoms. The second-order valence-corrected chi connectivity index (χ2v) is 7.22. The molecule has 3 heterocycles. The lowest BCUT2D eigenvalue weighted by atomic mass is 10.1. The van der Waals surface area contributed by atoms with Gasteiger partial charge in [-0.05, 0) is 35.9 Å². The molecule has 32 heavy (non-hydrogen) atoms. The summed E-state index contributed by atoms with van der Waals surface area (Å²) in [5.41, 5.74) is 1.97. The van der Waals surface area contributed by atoms with Crippen LogP contribution in [0.4, 0.5) is 5.95 Å². The minimum Gasteiger partial charge on any atom is -0.493 e. The van der Waals surface area contributed by atoms with E-state index in [0.717, 1.165) is 11.3 Å². The van der Waals surface area contributed by atoms with Crippen molar-refractivity contribution in [3.8, 4) is 29.0 Å². The molecular formula is C23H21N5O4. The molecule has 0 bridgehead atoms. The van der Waals surface area contributed by atoms with Crippen LogP contribution in [0.1, 0.15) is 11.4 Å². The van der Waals surface area contributed by atoms with Crippen LogP contribution in [0.2, 0.25) is 0 Å². The monoisotopic (exact) mass is 431 g/mol. The molecule has 9 nitrogen and oxygen atoms in total. The minimum atomic E-state index is 0.134. The molecule has 0 saturated carbocycles. The largest absolute Gasteiger partial charge is 0.493 e. The van der Waals surface area contributed by atoms with Crippen LogP contribution in [-0.4, -0.2) is 55.0 Å². The van der Waals surface area contributed by atoms with E-state index in [2.05, 4.69) is 21.2 Å². The van der Waals surface area contributed by atoms with Gasteiger partial charge in [-0.3, -0.25) is 4.57 Å². The zero-order valence-corrected chi connectivity index (χ0v) is 17.5. The number of morpholine rings is 1. The summed E-state index contributed by atoms with van der Waals surface area (Å²) in [6, 6.07) is 15.7. The SMILES string of the molecule is COc1cc(/C=C(\C#N)c2nnc(N3CCOCC3)n2-c2ccccc2)cc2c1OCO2. The number of methoxy groups -OCH3 is 1. The summed E-state index contributed by atoms with van der Waals surface area (Å²) in [6.07, 6.45) is 1.75. The van der Waals surface area contributed by atoms with Gasteiger partial charge >= 0.3 is 0 Å². The maximum atomic E-state index is 10.0. The van der Waals surface area contributed by atoms with Gasteiger partial charge in [0.25, 0.3) is 0 Å². The number of allylic oxidation sites excluding steroid dienone is 1. The van der Waals surface area contributed by atoms with Crippen molar-refractivity contribution in [3.05, 3.63) is 53.9 Å². The number of rotatable bonds is 5. The lowest BCUT2D eigenvalue weighted by Crippen LogP contribution is -2.38. The molecule has 3 aromatic rings. The Morgan fingerprint density at radius 1 is 1.12 bits per heavy atom. The summed E-state index contributed by atoms with van der Waals surface area (Å²) >= 11 is 0. The number of fused-ring (bicyclic) bond motifs is 1. The number of para-hydroxylation sites is 1. The molecule has 1 aromatic heterocycles. The van der Waals surface area contributed by atoms with Crippen LogP contribution in [-0.2, 0) is 4.74 Å². The van der Waals surface area contributed by atoms with Gasteiger partial charge in [0.15, 0.2) is 17.3 Å². The molecule has 162 valence electrons. The van der Waals surface area contributed by atoms with E-state index in [-0.39, 0.29) is 6.79 Å². The van der Waals surface area contributed by atoms with E-state index in [1.807, 2.05) is 41.0 Å². The number of anilines is 1. The van der Waals surface area contributed by atoms with Crippen LogP contribution in [0.5, 0.6) is 17.2 Å². The first kappa shape index (κ1) is 19.9. The van der Waals surface area contributed by atoms with E-state index in [9.17, 15) is 5.26 Å². The molecule has 0 N–H and O–H groups in total. The van der Waals surface area contributed by atoms with Crippen LogP contribution < -0.4 is 19.1 Å². The summed E-state index contributed by atoms with van der Waals surface area (Å²) in [6.45, 7) is 2.78. The molecule has 1 fully saturated rings. The minimum absolute atomic E-state index is 0.134. The highest BCUT2D eigenvalue weighted by atomic mass is 16.7. The van der Waals surface area contributed by atoms with Gasteiger partial charge in [0.2, 0.25) is 18.5 Å². The van der Waals surface area contributed by atoms with Crippen molar-refractivity contribution < 1.29 is 18.9 Å². The van der Waals surface area contributed by atoms with Gasteiger partial charge in [-0.15, -0.1) is 10.2 Å². The van der Waals surface area contributed by atoms with Crippen LogP contribution in [0, 0.1) is 11.3 Å². The van der Waals surface area contributed by atoms with Gasteiger partial charge in [-0.2, -0.15) is 5.26 Å². The Bertz CT molecular complexity index is 1190. The lowest BCUT2D eigenvalue weighted by Gasteiger charge is -2.28. The highest BCUT2D eigenvalue weighted by Gasteiger charge is 2.24. The predicted molar refractivity (Wildman–Crippen MR) is 117 cm³/mol. The molecule has 0 amide bonds. The molecule has 0 unspecified atom stereocenters. The highest BCUT2D eigenvalue weighted by molar-refractivity contribution is 5.89.